The molecule has 0 spiro atoms. The SMILES string of the molecule is Cc1cc(C(=O)N[C@@H]2CC[C@H](C(=O)O)C2)nn1C. The van der Waals surface area contributed by atoms with Crippen LogP contribution in [0.25, 0.3) is 0 Å². The molecule has 98 valence electrons. The smallest absolute Gasteiger partial charge is 0.306 e. The molecule has 6 nitrogen and oxygen atoms in total. The second kappa shape index (κ2) is 4.80. The molecule has 1 aromatic rings. The molecule has 2 atom stereocenters. The minimum atomic E-state index is -0.777. The number of carboxylic acid groups (broad SMARTS) is 1. The van der Waals surface area contributed by atoms with Crippen molar-refractivity contribution in [2.45, 2.75) is 32.2 Å². The van der Waals surface area contributed by atoms with Crippen LogP contribution in [0, 0.1) is 12.8 Å². The second-order valence-corrected chi connectivity index (χ2v) is 4.81. The second-order valence-electron chi connectivity index (χ2n) is 4.81. The third-order valence-corrected chi connectivity index (χ3v) is 3.46. The number of nitrogens with one attached hydrogen (secondary N) is 1. The average molecular weight is 251 g/mol. The molecule has 0 radical (unpaired) electrons. The lowest BCUT2D eigenvalue weighted by Gasteiger charge is -2.10. The van der Waals surface area contributed by atoms with E-state index in [2.05, 4.69) is 10.4 Å². The van der Waals surface area contributed by atoms with Crippen molar-refractivity contribution >= 4 is 11.9 Å². The summed E-state index contributed by atoms with van der Waals surface area (Å²) in [6.45, 7) is 1.87. The Balaban J connectivity index is 1.94. The van der Waals surface area contributed by atoms with E-state index in [0.29, 0.717) is 25.0 Å². The third-order valence-electron chi connectivity index (χ3n) is 3.46. The predicted octanol–water partition coefficient (Wildman–Crippen LogP) is 0.712. The van der Waals surface area contributed by atoms with E-state index < -0.39 is 5.97 Å². The zero-order valence-electron chi connectivity index (χ0n) is 10.5. The minimum absolute atomic E-state index is 0.0547. The molecule has 6 heteroatoms. The van der Waals surface area contributed by atoms with Gasteiger partial charge in [-0.25, -0.2) is 0 Å². The molecule has 0 aliphatic heterocycles. The Morgan fingerprint density at radius 3 is 2.72 bits per heavy atom. The van der Waals surface area contributed by atoms with Crippen molar-refractivity contribution in [1.29, 1.82) is 0 Å². The molecule has 1 amide bonds. The van der Waals surface area contributed by atoms with E-state index in [-0.39, 0.29) is 17.9 Å². The summed E-state index contributed by atoms with van der Waals surface area (Å²) in [4.78, 5) is 22.7. The van der Waals surface area contributed by atoms with E-state index in [1.165, 1.54) is 0 Å². The molecule has 1 fully saturated rings. The molecule has 1 saturated carbocycles. The normalized spacial score (nSPS) is 23.0. The largest absolute Gasteiger partial charge is 0.481 e. The summed E-state index contributed by atoms with van der Waals surface area (Å²) >= 11 is 0. The van der Waals surface area contributed by atoms with Crippen molar-refractivity contribution in [2.24, 2.45) is 13.0 Å². The Kier molecular flexibility index (Phi) is 3.36. The highest BCUT2D eigenvalue weighted by atomic mass is 16.4. The first-order valence-electron chi connectivity index (χ1n) is 6.01. The fourth-order valence-electron chi connectivity index (χ4n) is 2.27. The summed E-state index contributed by atoms with van der Waals surface area (Å²) in [5.74, 6) is -1.34. The number of hydrogen-bond donors (Lipinski definition) is 2. The molecule has 1 aliphatic rings. The maximum atomic E-state index is 11.9. The first-order chi connectivity index (χ1) is 8.47. The van der Waals surface area contributed by atoms with Gasteiger partial charge in [-0.1, -0.05) is 0 Å². The quantitative estimate of drug-likeness (QED) is 0.828. The Morgan fingerprint density at radius 2 is 2.22 bits per heavy atom. The highest BCUT2D eigenvalue weighted by Crippen LogP contribution is 2.25. The van der Waals surface area contributed by atoms with Gasteiger partial charge in [0.1, 0.15) is 5.69 Å². The predicted molar refractivity (Wildman–Crippen MR) is 64.2 cm³/mol. The number of amides is 1. The van der Waals surface area contributed by atoms with Gasteiger partial charge in [-0.05, 0) is 32.3 Å². The average Bonchev–Trinajstić information content (AvgIpc) is 2.87. The highest BCUT2D eigenvalue weighted by Gasteiger charge is 2.31. The molecule has 2 N–H and O–H groups in total. The van der Waals surface area contributed by atoms with Crippen molar-refractivity contribution in [3.05, 3.63) is 17.5 Å². The Bertz CT molecular complexity index is 461. The van der Waals surface area contributed by atoms with Crippen LogP contribution in [0.2, 0.25) is 0 Å². The summed E-state index contributed by atoms with van der Waals surface area (Å²) < 4.78 is 1.64. The van der Waals surface area contributed by atoms with Gasteiger partial charge in [-0.3, -0.25) is 14.3 Å². The monoisotopic (exact) mass is 251 g/mol. The van der Waals surface area contributed by atoms with Gasteiger partial charge in [0.25, 0.3) is 5.91 Å². The lowest BCUT2D eigenvalue weighted by Crippen LogP contribution is -2.33. The fourth-order valence-corrected chi connectivity index (χ4v) is 2.27. The van der Waals surface area contributed by atoms with E-state index in [1.807, 2.05) is 6.92 Å². The molecule has 1 aliphatic carbocycles. The van der Waals surface area contributed by atoms with Gasteiger partial charge in [-0.15, -0.1) is 0 Å². The zero-order chi connectivity index (χ0) is 13.3. The van der Waals surface area contributed by atoms with Crippen LogP contribution in [0.5, 0.6) is 0 Å². The number of carboxylic acids is 1. The molecule has 1 aromatic heterocycles. The number of carbonyl (C=O) groups is 2. The Morgan fingerprint density at radius 1 is 1.50 bits per heavy atom. The third kappa shape index (κ3) is 2.52. The minimum Gasteiger partial charge on any atom is -0.481 e. The summed E-state index contributed by atoms with van der Waals surface area (Å²) in [6.07, 6.45) is 1.85. The van der Waals surface area contributed by atoms with Crippen molar-refractivity contribution < 1.29 is 14.7 Å². The number of aliphatic carboxylic acids is 1. The van der Waals surface area contributed by atoms with E-state index in [0.717, 1.165) is 5.69 Å². The molecule has 1 heterocycles. The van der Waals surface area contributed by atoms with Gasteiger partial charge >= 0.3 is 5.97 Å². The van der Waals surface area contributed by atoms with Crippen LogP contribution >= 0.6 is 0 Å². The molecule has 18 heavy (non-hydrogen) atoms. The summed E-state index contributed by atoms with van der Waals surface area (Å²) in [5.41, 5.74) is 1.30. The molecule has 0 aromatic carbocycles. The number of nitrogens with zero attached hydrogens (tertiary/aromatic N) is 2. The van der Waals surface area contributed by atoms with Gasteiger partial charge in [0.2, 0.25) is 0 Å². The van der Waals surface area contributed by atoms with Crippen LogP contribution in [0.3, 0.4) is 0 Å². The van der Waals surface area contributed by atoms with Crippen molar-refractivity contribution in [1.82, 2.24) is 15.1 Å². The number of aromatic nitrogens is 2. The maximum Gasteiger partial charge on any atom is 0.306 e. The van der Waals surface area contributed by atoms with Crippen LogP contribution in [0.15, 0.2) is 6.07 Å². The van der Waals surface area contributed by atoms with Crippen molar-refractivity contribution in [3.8, 4) is 0 Å². The lowest BCUT2D eigenvalue weighted by molar-refractivity contribution is -0.141. The molecular formula is C12H17N3O3. The Labute approximate surface area is 105 Å². The Hall–Kier alpha value is -1.85. The topological polar surface area (TPSA) is 84.2 Å². The molecular weight excluding hydrogens is 234 g/mol. The molecule has 0 saturated heterocycles. The van der Waals surface area contributed by atoms with Crippen LogP contribution in [0.4, 0.5) is 0 Å². The van der Waals surface area contributed by atoms with Gasteiger partial charge in [0, 0.05) is 18.8 Å². The van der Waals surface area contributed by atoms with E-state index >= 15 is 0 Å². The van der Waals surface area contributed by atoms with E-state index in [9.17, 15) is 9.59 Å². The number of rotatable bonds is 3. The number of aryl methyl sites for hydroxylation is 2. The van der Waals surface area contributed by atoms with Gasteiger partial charge < -0.3 is 10.4 Å². The van der Waals surface area contributed by atoms with Crippen LogP contribution < -0.4 is 5.32 Å². The van der Waals surface area contributed by atoms with E-state index in [4.69, 9.17) is 5.11 Å². The fraction of sp³-hybridized carbons (Fsp3) is 0.583. The molecule has 0 unspecified atom stereocenters. The van der Waals surface area contributed by atoms with Gasteiger partial charge in [0.15, 0.2) is 0 Å². The zero-order valence-corrected chi connectivity index (χ0v) is 10.5. The summed E-state index contributed by atoms with van der Waals surface area (Å²) in [6, 6.07) is 1.67. The standard InChI is InChI=1S/C12H17N3O3/c1-7-5-10(14-15(7)2)11(16)13-9-4-3-8(6-9)12(17)18/h5,8-9H,3-4,6H2,1-2H3,(H,13,16)(H,17,18)/t8-,9+/m0/s1. The number of hydrogen-bond acceptors (Lipinski definition) is 3. The van der Waals surface area contributed by atoms with Crippen LogP contribution in [0.1, 0.15) is 35.4 Å². The maximum absolute atomic E-state index is 11.9. The van der Waals surface area contributed by atoms with Gasteiger partial charge in [0.05, 0.1) is 5.92 Å². The van der Waals surface area contributed by atoms with Crippen molar-refractivity contribution in [2.75, 3.05) is 0 Å². The van der Waals surface area contributed by atoms with Gasteiger partial charge in [-0.2, -0.15) is 5.10 Å². The summed E-state index contributed by atoms with van der Waals surface area (Å²) in [7, 11) is 1.78. The highest BCUT2D eigenvalue weighted by molar-refractivity contribution is 5.92. The molecule has 0 bridgehead atoms. The van der Waals surface area contributed by atoms with Crippen molar-refractivity contribution in [3.63, 3.8) is 0 Å². The van der Waals surface area contributed by atoms with E-state index in [1.54, 1.807) is 17.8 Å². The van der Waals surface area contributed by atoms with Crippen LogP contribution in [-0.2, 0) is 11.8 Å². The molecule has 2 rings (SSSR count). The first kappa shape index (κ1) is 12.6. The first-order valence-corrected chi connectivity index (χ1v) is 6.01. The van der Waals surface area contributed by atoms with Crippen LogP contribution in [-0.4, -0.2) is 32.8 Å². The summed E-state index contributed by atoms with van der Waals surface area (Å²) in [5, 5.41) is 15.8. The number of carbonyl (C=O) groups excluding carboxylic acids is 1. The lowest BCUT2D eigenvalue weighted by atomic mass is 10.1.